The van der Waals surface area contributed by atoms with Crippen molar-refractivity contribution in [3.05, 3.63) is 11.2 Å². The van der Waals surface area contributed by atoms with Gasteiger partial charge in [0.2, 0.25) is 0 Å². The molecule has 1 aliphatic rings. The number of likely N-dealkylation sites (N-methyl/N-ethyl adjacent to an activating group) is 1. The summed E-state index contributed by atoms with van der Waals surface area (Å²) in [5, 5.41) is 4.48. The van der Waals surface area contributed by atoms with Crippen LogP contribution in [0.4, 0.5) is 5.82 Å². The minimum absolute atomic E-state index is 0.488. The van der Waals surface area contributed by atoms with Crippen LogP contribution in [0.5, 0.6) is 0 Å². The topological polar surface area (TPSA) is 41.1 Å². The Balaban J connectivity index is 1.83. The molecular weight excluding hydrogens is 256 g/mol. The van der Waals surface area contributed by atoms with Crippen LogP contribution in [0.15, 0.2) is 11.2 Å². The first-order chi connectivity index (χ1) is 8.19. The van der Waals surface area contributed by atoms with Crippen molar-refractivity contribution in [2.24, 2.45) is 0 Å². The Morgan fingerprint density at radius 2 is 2.29 bits per heavy atom. The Kier molecular flexibility index (Phi) is 4.48. The molecule has 1 N–H and O–H groups in total. The number of nitrogens with one attached hydrogen (secondary N) is 1. The number of anilines is 1. The lowest BCUT2D eigenvalue weighted by Crippen LogP contribution is -2.27. The quantitative estimate of drug-likeness (QED) is 0.489. The molecule has 0 radical (unpaired) electrons. The van der Waals surface area contributed by atoms with E-state index in [4.69, 9.17) is 11.6 Å². The highest BCUT2D eigenvalue weighted by Gasteiger charge is 2.25. The van der Waals surface area contributed by atoms with Gasteiger partial charge in [0.1, 0.15) is 11.0 Å². The standard InChI is InChI=1S/C11H17ClN4S/c1-16(8-3-4-8)6-5-13-10-7-9(12)14-11(15-10)17-2/h7-8H,3-6H2,1-2H3,(H,13,14,15). The third kappa shape index (κ3) is 4.01. The van der Waals surface area contributed by atoms with Crippen molar-refractivity contribution in [3.63, 3.8) is 0 Å². The number of aromatic nitrogens is 2. The van der Waals surface area contributed by atoms with Crippen molar-refractivity contribution < 1.29 is 0 Å². The maximum atomic E-state index is 5.92. The van der Waals surface area contributed by atoms with Gasteiger partial charge >= 0.3 is 0 Å². The molecule has 0 aromatic carbocycles. The van der Waals surface area contributed by atoms with Crippen LogP contribution in [0.25, 0.3) is 0 Å². The molecule has 1 fully saturated rings. The highest BCUT2D eigenvalue weighted by molar-refractivity contribution is 7.98. The van der Waals surface area contributed by atoms with Gasteiger partial charge in [-0.05, 0) is 26.1 Å². The van der Waals surface area contributed by atoms with Crippen LogP contribution in [0.3, 0.4) is 0 Å². The van der Waals surface area contributed by atoms with Gasteiger partial charge in [-0.3, -0.25) is 0 Å². The average molecular weight is 273 g/mol. The summed E-state index contributed by atoms with van der Waals surface area (Å²) in [7, 11) is 2.17. The van der Waals surface area contributed by atoms with E-state index in [1.165, 1.54) is 24.6 Å². The van der Waals surface area contributed by atoms with Gasteiger partial charge in [0.05, 0.1) is 0 Å². The van der Waals surface area contributed by atoms with E-state index in [9.17, 15) is 0 Å². The number of thioether (sulfide) groups is 1. The maximum absolute atomic E-state index is 5.92. The van der Waals surface area contributed by atoms with Gasteiger partial charge in [0.25, 0.3) is 0 Å². The minimum Gasteiger partial charge on any atom is -0.369 e. The number of hydrogen-bond acceptors (Lipinski definition) is 5. The maximum Gasteiger partial charge on any atom is 0.190 e. The summed E-state index contributed by atoms with van der Waals surface area (Å²) < 4.78 is 0. The van der Waals surface area contributed by atoms with Gasteiger partial charge < -0.3 is 10.2 Å². The highest BCUT2D eigenvalue weighted by atomic mass is 35.5. The average Bonchev–Trinajstić information content (AvgIpc) is 3.12. The van der Waals surface area contributed by atoms with E-state index in [2.05, 4.69) is 27.2 Å². The molecule has 0 saturated heterocycles. The molecule has 0 amide bonds. The van der Waals surface area contributed by atoms with Crippen molar-refractivity contribution in [3.8, 4) is 0 Å². The smallest absolute Gasteiger partial charge is 0.190 e. The van der Waals surface area contributed by atoms with Crippen LogP contribution in [0, 0.1) is 0 Å². The largest absolute Gasteiger partial charge is 0.369 e. The van der Waals surface area contributed by atoms with Crippen molar-refractivity contribution >= 4 is 29.2 Å². The molecule has 94 valence electrons. The lowest BCUT2D eigenvalue weighted by molar-refractivity contribution is 0.337. The van der Waals surface area contributed by atoms with Gasteiger partial charge in [-0.25, -0.2) is 9.97 Å². The van der Waals surface area contributed by atoms with E-state index in [1.54, 1.807) is 6.07 Å². The Bertz CT molecular complexity index is 384. The molecule has 1 aromatic heterocycles. The van der Waals surface area contributed by atoms with Gasteiger partial charge in [0.15, 0.2) is 5.16 Å². The Morgan fingerprint density at radius 3 is 2.94 bits per heavy atom. The monoisotopic (exact) mass is 272 g/mol. The van der Waals surface area contributed by atoms with E-state index in [-0.39, 0.29) is 0 Å². The number of rotatable bonds is 6. The van der Waals surface area contributed by atoms with Gasteiger partial charge in [-0.2, -0.15) is 0 Å². The second kappa shape index (κ2) is 5.89. The molecule has 17 heavy (non-hydrogen) atoms. The minimum atomic E-state index is 0.488. The summed E-state index contributed by atoms with van der Waals surface area (Å²) >= 11 is 7.41. The van der Waals surface area contributed by atoms with Crippen molar-refractivity contribution in [2.75, 3.05) is 31.7 Å². The SMILES string of the molecule is CSc1nc(Cl)cc(NCCN(C)C2CC2)n1. The third-order valence-electron chi connectivity index (χ3n) is 2.80. The molecule has 0 bridgehead atoms. The molecule has 1 heterocycles. The Morgan fingerprint density at radius 1 is 1.53 bits per heavy atom. The fourth-order valence-corrected chi connectivity index (χ4v) is 2.25. The third-order valence-corrected chi connectivity index (χ3v) is 3.54. The molecule has 4 nitrogen and oxygen atoms in total. The second-order valence-corrected chi connectivity index (χ2v) is 5.36. The summed E-state index contributed by atoms with van der Waals surface area (Å²) in [4.78, 5) is 10.8. The number of hydrogen-bond donors (Lipinski definition) is 1. The molecule has 1 aliphatic carbocycles. The molecule has 0 aliphatic heterocycles. The van der Waals surface area contributed by atoms with Crippen LogP contribution in [0.2, 0.25) is 5.15 Å². The van der Waals surface area contributed by atoms with E-state index in [0.29, 0.717) is 10.3 Å². The van der Waals surface area contributed by atoms with E-state index >= 15 is 0 Å². The molecular formula is C11H17ClN4S. The second-order valence-electron chi connectivity index (χ2n) is 4.20. The van der Waals surface area contributed by atoms with Crippen LogP contribution in [0.1, 0.15) is 12.8 Å². The van der Waals surface area contributed by atoms with Crippen LogP contribution in [-0.2, 0) is 0 Å². The first-order valence-corrected chi connectivity index (χ1v) is 7.32. The molecule has 2 rings (SSSR count). The first-order valence-electron chi connectivity index (χ1n) is 5.71. The van der Waals surface area contributed by atoms with E-state index in [1.807, 2.05) is 6.26 Å². The van der Waals surface area contributed by atoms with Crippen LogP contribution >= 0.6 is 23.4 Å². The van der Waals surface area contributed by atoms with Crippen molar-refractivity contribution in [2.45, 2.75) is 24.0 Å². The molecule has 0 spiro atoms. The zero-order chi connectivity index (χ0) is 12.3. The van der Waals surface area contributed by atoms with E-state index in [0.717, 1.165) is 24.9 Å². The van der Waals surface area contributed by atoms with Gasteiger partial charge in [0, 0.05) is 25.2 Å². The molecule has 0 atom stereocenters. The zero-order valence-corrected chi connectivity index (χ0v) is 11.7. The molecule has 1 aromatic rings. The molecule has 6 heteroatoms. The first kappa shape index (κ1) is 12.9. The lowest BCUT2D eigenvalue weighted by Gasteiger charge is -2.16. The molecule has 0 unspecified atom stereocenters. The summed E-state index contributed by atoms with van der Waals surface area (Å²) in [5.41, 5.74) is 0. The van der Waals surface area contributed by atoms with Crippen LogP contribution in [-0.4, -0.2) is 47.3 Å². The number of nitrogens with zero attached hydrogens (tertiary/aromatic N) is 3. The van der Waals surface area contributed by atoms with Gasteiger partial charge in [-0.1, -0.05) is 23.4 Å². The summed E-state index contributed by atoms with van der Waals surface area (Å²) in [6.07, 6.45) is 4.62. The van der Waals surface area contributed by atoms with Crippen molar-refractivity contribution in [1.29, 1.82) is 0 Å². The molecule has 1 saturated carbocycles. The number of halogens is 1. The van der Waals surface area contributed by atoms with Crippen LogP contribution < -0.4 is 5.32 Å². The lowest BCUT2D eigenvalue weighted by atomic mass is 10.5. The Hall–Kier alpha value is -0.520. The normalized spacial score (nSPS) is 15.3. The highest BCUT2D eigenvalue weighted by Crippen LogP contribution is 2.24. The Labute approximate surface area is 111 Å². The zero-order valence-electron chi connectivity index (χ0n) is 10.1. The van der Waals surface area contributed by atoms with Crippen molar-refractivity contribution in [1.82, 2.24) is 14.9 Å². The predicted molar refractivity (Wildman–Crippen MR) is 73.0 cm³/mol. The predicted octanol–water partition coefficient (Wildman–Crippen LogP) is 2.36. The summed E-state index contributed by atoms with van der Waals surface area (Å²) in [6, 6.07) is 2.56. The van der Waals surface area contributed by atoms with E-state index < -0.39 is 0 Å². The fourth-order valence-electron chi connectivity index (χ4n) is 1.64. The fraction of sp³-hybridized carbons (Fsp3) is 0.636. The summed E-state index contributed by atoms with van der Waals surface area (Å²) in [6.45, 7) is 1.91. The summed E-state index contributed by atoms with van der Waals surface area (Å²) in [5.74, 6) is 0.804. The van der Waals surface area contributed by atoms with Gasteiger partial charge in [-0.15, -0.1) is 0 Å².